The fraction of sp³-hybridized carbons (Fsp3) is 0.143. The standard InChI is InChI=1S/C14H13BrN2O4/c1-8-2-4-10(21-8)7-16-14(20)17-12-5-3-9(13(18)19)6-11(12)15/h2-6H,7H2,1H3,(H,18,19)(H2,16,17,20). The van der Waals surface area contributed by atoms with Gasteiger partial charge in [-0.3, -0.25) is 0 Å². The molecule has 2 rings (SSSR count). The summed E-state index contributed by atoms with van der Waals surface area (Å²) in [5, 5.41) is 14.1. The van der Waals surface area contributed by atoms with Crippen LogP contribution in [-0.2, 0) is 6.54 Å². The van der Waals surface area contributed by atoms with E-state index in [1.165, 1.54) is 18.2 Å². The number of nitrogens with one attached hydrogen (secondary N) is 2. The highest BCUT2D eigenvalue weighted by molar-refractivity contribution is 9.10. The van der Waals surface area contributed by atoms with Gasteiger partial charge >= 0.3 is 12.0 Å². The minimum Gasteiger partial charge on any atom is -0.478 e. The van der Waals surface area contributed by atoms with Crippen molar-refractivity contribution in [2.24, 2.45) is 0 Å². The number of carbonyl (C=O) groups excluding carboxylic acids is 1. The predicted octanol–water partition coefficient (Wildman–Crippen LogP) is 3.37. The Balaban J connectivity index is 1.94. The van der Waals surface area contributed by atoms with Crippen molar-refractivity contribution < 1.29 is 19.1 Å². The Morgan fingerprint density at radius 1 is 1.29 bits per heavy atom. The molecular formula is C14H13BrN2O4. The summed E-state index contributed by atoms with van der Waals surface area (Å²) in [5.41, 5.74) is 0.618. The Kier molecular flexibility index (Phi) is 4.64. The Morgan fingerprint density at radius 2 is 2.05 bits per heavy atom. The Bertz CT molecular complexity index is 681. The number of rotatable bonds is 4. The number of carboxylic acid groups (broad SMARTS) is 1. The number of urea groups is 1. The number of hydrogen-bond donors (Lipinski definition) is 3. The third kappa shape index (κ3) is 4.09. The van der Waals surface area contributed by atoms with Crippen LogP contribution < -0.4 is 10.6 Å². The summed E-state index contributed by atoms with van der Waals surface area (Å²) < 4.78 is 5.82. The first-order valence-electron chi connectivity index (χ1n) is 6.08. The zero-order valence-corrected chi connectivity index (χ0v) is 12.7. The fourth-order valence-corrected chi connectivity index (χ4v) is 2.14. The number of furan rings is 1. The Labute approximate surface area is 129 Å². The second kappa shape index (κ2) is 6.45. The molecule has 2 amide bonds. The molecule has 2 aromatic rings. The summed E-state index contributed by atoms with van der Waals surface area (Å²) in [6, 6.07) is 7.55. The van der Waals surface area contributed by atoms with Gasteiger partial charge in [-0.05, 0) is 53.2 Å². The summed E-state index contributed by atoms with van der Waals surface area (Å²) in [4.78, 5) is 22.6. The van der Waals surface area contributed by atoms with Crippen molar-refractivity contribution in [1.82, 2.24) is 5.32 Å². The molecule has 0 aliphatic rings. The largest absolute Gasteiger partial charge is 0.478 e. The molecule has 0 fully saturated rings. The SMILES string of the molecule is Cc1ccc(CNC(=O)Nc2ccc(C(=O)O)cc2Br)o1. The quantitative estimate of drug-likeness (QED) is 0.786. The average Bonchev–Trinajstić information content (AvgIpc) is 2.84. The van der Waals surface area contributed by atoms with Gasteiger partial charge in [0.25, 0.3) is 0 Å². The fourth-order valence-electron chi connectivity index (χ4n) is 1.66. The molecule has 1 aromatic carbocycles. The molecule has 0 radical (unpaired) electrons. The van der Waals surface area contributed by atoms with Crippen molar-refractivity contribution in [2.75, 3.05) is 5.32 Å². The average molecular weight is 353 g/mol. The molecule has 21 heavy (non-hydrogen) atoms. The van der Waals surface area contributed by atoms with Gasteiger partial charge in [-0.25, -0.2) is 9.59 Å². The summed E-state index contributed by atoms with van der Waals surface area (Å²) in [6.45, 7) is 2.09. The van der Waals surface area contributed by atoms with Gasteiger partial charge in [0.2, 0.25) is 0 Å². The molecule has 1 heterocycles. The molecule has 0 spiro atoms. The van der Waals surface area contributed by atoms with Crippen molar-refractivity contribution in [3.8, 4) is 0 Å². The lowest BCUT2D eigenvalue weighted by molar-refractivity contribution is 0.0697. The van der Waals surface area contributed by atoms with Crippen molar-refractivity contribution in [1.29, 1.82) is 0 Å². The lowest BCUT2D eigenvalue weighted by atomic mass is 10.2. The number of aromatic carboxylic acids is 1. The lowest BCUT2D eigenvalue weighted by Gasteiger charge is -2.09. The summed E-state index contributed by atoms with van der Waals surface area (Å²) >= 11 is 3.22. The second-order valence-corrected chi connectivity index (χ2v) is 5.17. The molecule has 1 aromatic heterocycles. The number of halogens is 1. The van der Waals surface area contributed by atoms with Gasteiger partial charge < -0.3 is 20.2 Å². The van der Waals surface area contributed by atoms with Gasteiger partial charge in [0.15, 0.2) is 0 Å². The molecule has 0 aliphatic heterocycles. The molecule has 0 unspecified atom stereocenters. The molecule has 0 bridgehead atoms. The van der Waals surface area contributed by atoms with Crippen molar-refractivity contribution in [3.63, 3.8) is 0 Å². The smallest absolute Gasteiger partial charge is 0.335 e. The van der Waals surface area contributed by atoms with Gasteiger partial charge in [-0.2, -0.15) is 0 Å². The van der Waals surface area contributed by atoms with Gasteiger partial charge in [-0.15, -0.1) is 0 Å². The van der Waals surface area contributed by atoms with Crippen molar-refractivity contribution in [3.05, 3.63) is 51.9 Å². The number of carboxylic acids is 1. The van der Waals surface area contributed by atoms with Gasteiger partial charge in [0, 0.05) is 4.47 Å². The van der Waals surface area contributed by atoms with Crippen molar-refractivity contribution in [2.45, 2.75) is 13.5 Å². The molecule has 6 nitrogen and oxygen atoms in total. The molecular weight excluding hydrogens is 340 g/mol. The highest BCUT2D eigenvalue weighted by Gasteiger charge is 2.09. The van der Waals surface area contributed by atoms with E-state index in [2.05, 4.69) is 26.6 Å². The maximum atomic E-state index is 11.8. The first-order valence-corrected chi connectivity index (χ1v) is 6.88. The number of hydrogen-bond acceptors (Lipinski definition) is 3. The van der Waals surface area contributed by atoms with Crippen molar-refractivity contribution >= 4 is 33.6 Å². The summed E-state index contributed by atoms with van der Waals surface area (Å²) in [5.74, 6) is 0.405. The third-order valence-corrected chi connectivity index (χ3v) is 3.34. The van der Waals surface area contributed by atoms with Crippen LogP contribution in [0.15, 0.2) is 39.2 Å². The van der Waals surface area contributed by atoms with E-state index in [9.17, 15) is 9.59 Å². The zero-order chi connectivity index (χ0) is 15.4. The highest BCUT2D eigenvalue weighted by Crippen LogP contribution is 2.23. The normalized spacial score (nSPS) is 10.2. The van der Waals surface area contributed by atoms with Gasteiger partial charge in [0.1, 0.15) is 11.5 Å². The maximum Gasteiger partial charge on any atom is 0.335 e. The van der Waals surface area contributed by atoms with E-state index in [1.54, 1.807) is 6.07 Å². The van der Waals surface area contributed by atoms with Crippen LogP contribution in [0.5, 0.6) is 0 Å². The monoisotopic (exact) mass is 352 g/mol. The van der Waals surface area contributed by atoms with Gasteiger partial charge in [0.05, 0.1) is 17.8 Å². The molecule has 0 saturated carbocycles. The number of benzene rings is 1. The Hall–Kier alpha value is -2.28. The van der Waals surface area contributed by atoms with Crippen LogP contribution in [0.1, 0.15) is 21.9 Å². The molecule has 0 atom stereocenters. The van der Waals surface area contributed by atoms with Crippen LogP contribution in [0.2, 0.25) is 0 Å². The number of carbonyl (C=O) groups is 2. The minimum absolute atomic E-state index is 0.138. The Morgan fingerprint density at radius 3 is 2.62 bits per heavy atom. The molecule has 0 saturated heterocycles. The van der Waals surface area contributed by atoms with Crippen LogP contribution in [0.25, 0.3) is 0 Å². The van der Waals surface area contributed by atoms with E-state index in [-0.39, 0.29) is 12.1 Å². The van der Waals surface area contributed by atoms with E-state index in [4.69, 9.17) is 9.52 Å². The first-order chi connectivity index (χ1) is 9.95. The predicted molar refractivity (Wildman–Crippen MR) is 80.4 cm³/mol. The van der Waals surface area contributed by atoms with Crippen LogP contribution in [0.4, 0.5) is 10.5 Å². The molecule has 3 N–H and O–H groups in total. The van der Waals surface area contributed by atoms with Crippen LogP contribution in [-0.4, -0.2) is 17.1 Å². The topological polar surface area (TPSA) is 91.6 Å². The number of aryl methyl sites for hydroxylation is 1. The third-order valence-electron chi connectivity index (χ3n) is 2.68. The lowest BCUT2D eigenvalue weighted by Crippen LogP contribution is -2.28. The van der Waals surface area contributed by atoms with E-state index in [0.717, 1.165) is 5.76 Å². The van der Waals surface area contributed by atoms with Crippen LogP contribution in [0.3, 0.4) is 0 Å². The highest BCUT2D eigenvalue weighted by atomic mass is 79.9. The summed E-state index contributed by atoms with van der Waals surface area (Å²) in [7, 11) is 0. The molecule has 110 valence electrons. The van der Waals surface area contributed by atoms with Crippen LogP contribution >= 0.6 is 15.9 Å². The number of amides is 2. The van der Waals surface area contributed by atoms with Crippen LogP contribution in [0, 0.1) is 6.92 Å². The van der Waals surface area contributed by atoms with E-state index < -0.39 is 12.0 Å². The maximum absolute atomic E-state index is 11.8. The zero-order valence-electron chi connectivity index (χ0n) is 11.1. The number of anilines is 1. The van der Waals surface area contributed by atoms with Gasteiger partial charge in [-0.1, -0.05) is 0 Å². The van der Waals surface area contributed by atoms with E-state index in [0.29, 0.717) is 15.9 Å². The van der Waals surface area contributed by atoms with E-state index >= 15 is 0 Å². The first kappa shape index (κ1) is 15.1. The molecule has 0 aliphatic carbocycles. The minimum atomic E-state index is -1.03. The summed E-state index contributed by atoms with van der Waals surface area (Å²) in [6.07, 6.45) is 0. The molecule has 7 heteroatoms. The second-order valence-electron chi connectivity index (χ2n) is 4.32. The van der Waals surface area contributed by atoms with E-state index in [1.807, 2.05) is 13.0 Å².